The predicted molar refractivity (Wildman–Crippen MR) is 83.7 cm³/mol. The normalized spacial score (nSPS) is 19.3. The molecule has 0 fully saturated rings. The third-order valence-electron chi connectivity index (χ3n) is 4.23. The van der Waals surface area contributed by atoms with E-state index < -0.39 is 0 Å². The van der Waals surface area contributed by atoms with Gasteiger partial charge < -0.3 is 14.8 Å². The number of carbonyl (C=O) groups excluding carboxylic acids is 1. The average molecular weight is 295 g/mol. The Labute approximate surface area is 129 Å². The summed E-state index contributed by atoms with van der Waals surface area (Å²) in [6, 6.07) is 12.2. The molecule has 2 aromatic rings. The Morgan fingerprint density at radius 2 is 1.73 bits per heavy atom. The van der Waals surface area contributed by atoms with E-state index in [0.717, 1.165) is 22.6 Å². The highest BCUT2D eigenvalue weighted by Crippen LogP contribution is 2.43. The van der Waals surface area contributed by atoms with E-state index in [9.17, 15) is 4.79 Å². The number of amides is 1. The first kappa shape index (κ1) is 13.2. The molecule has 0 unspecified atom stereocenters. The molecule has 0 saturated heterocycles. The van der Waals surface area contributed by atoms with E-state index in [4.69, 9.17) is 9.47 Å². The van der Waals surface area contributed by atoms with Gasteiger partial charge in [0.15, 0.2) is 11.5 Å². The summed E-state index contributed by atoms with van der Waals surface area (Å²) in [6.45, 7) is 3.17. The van der Waals surface area contributed by atoms with Crippen molar-refractivity contribution in [1.82, 2.24) is 0 Å². The second-order valence-corrected chi connectivity index (χ2v) is 5.80. The van der Waals surface area contributed by atoms with Crippen LogP contribution in [0.15, 0.2) is 36.4 Å². The first-order chi connectivity index (χ1) is 10.7. The number of ether oxygens (including phenoxy) is 2. The van der Waals surface area contributed by atoms with E-state index in [2.05, 4.69) is 36.5 Å². The zero-order chi connectivity index (χ0) is 15.1. The van der Waals surface area contributed by atoms with Crippen LogP contribution in [0, 0.1) is 6.92 Å². The largest absolute Gasteiger partial charge is 0.486 e. The maximum Gasteiger partial charge on any atom is 0.225 e. The number of fused-ring (bicyclic) bond motifs is 2. The molecule has 4 rings (SSSR count). The molecule has 0 aliphatic carbocycles. The fourth-order valence-electron chi connectivity index (χ4n) is 3.09. The maximum atomic E-state index is 12.1. The van der Waals surface area contributed by atoms with Crippen LogP contribution in [0.25, 0.3) is 0 Å². The molecule has 2 aliphatic heterocycles. The quantitative estimate of drug-likeness (QED) is 0.878. The minimum absolute atomic E-state index is 0.0368. The number of aryl methyl sites for hydroxylation is 1. The van der Waals surface area contributed by atoms with Gasteiger partial charge in [-0.2, -0.15) is 0 Å². The molecule has 0 radical (unpaired) electrons. The van der Waals surface area contributed by atoms with Crippen LogP contribution in [-0.2, 0) is 4.79 Å². The van der Waals surface area contributed by atoms with Gasteiger partial charge >= 0.3 is 0 Å². The fourth-order valence-corrected chi connectivity index (χ4v) is 3.09. The van der Waals surface area contributed by atoms with Crippen molar-refractivity contribution in [3.63, 3.8) is 0 Å². The number of anilines is 1. The first-order valence-corrected chi connectivity index (χ1v) is 7.50. The predicted octanol–water partition coefficient (Wildman–Crippen LogP) is 3.24. The molecular formula is C18H17NO3. The van der Waals surface area contributed by atoms with E-state index in [1.54, 1.807) is 0 Å². The zero-order valence-electron chi connectivity index (χ0n) is 12.4. The SMILES string of the molecule is Cc1ccc([C@H]2CC(=O)Nc3cc4c(cc32)OCCO4)cc1. The Hall–Kier alpha value is -2.49. The minimum atomic E-state index is 0.0368. The molecule has 1 N–H and O–H groups in total. The first-order valence-electron chi connectivity index (χ1n) is 7.50. The summed E-state index contributed by atoms with van der Waals surface area (Å²) in [4.78, 5) is 12.1. The number of carbonyl (C=O) groups is 1. The second-order valence-electron chi connectivity index (χ2n) is 5.80. The van der Waals surface area contributed by atoms with Gasteiger partial charge in [-0.05, 0) is 24.1 Å². The fraction of sp³-hybridized carbons (Fsp3) is 0.278. The van der Waals surface area contributed by atoms with Crippen LogP contribution < -0.4 is 14.8 Å². The monoisotopic (exact) mass is 295 g/mol. The van der Waals surface area contributed by atoms with Crippen molar-refractivity contribution >= 4 is 11.6 Å². The summed E-state index contributed by atoms with van der Waals surface area (Å²) in [5.41, 5.74) is 4.28. The number of hydrogen-bond donors (Lipinski definition) is 1. The zero-order valence-corrected chi connectivity index (χ0v) is 12.4. The van der Waals surface area contributed by atoms with Crippen molar-refractivity contribution in [2.24, 2.45) is 0 Å². The van der Waals surface area contributed by atoms with Crippen LogP contribution in [0.5, 0.6) is 11.5 Å². The van der Waals surface area contributed by atoms with Gasteiger partial charge in [-0.1, -0.05) is 29.8 Å². The summed E-state index contributed by atoms with van der Waals surface area (Å²) < 4.78 is 11.3. The van der Waals surface area contributed by atoms with Gasteiger partial charge in [0.1, 0.15) is 13.2 Å². The third kappa shape index (κ3) is 2.21. The molecule has 4 heteroatoms. The van der Waals surface area contributed by atoms with Crippen LogP contribution >= 0.6 is 0 Å². The van der Waals surface area contributed by atoms with Gasteiger partial charge in [-0.25, -0.2) is 0 Å². The van der Waals surface area contributed by atoms with Crippen molar-refractivity contribution in [1.29, 1.82) is 0 Å². The van der Waals surface area contributed by atoms with Crippen molar-refractivity contribution in [2.75, 3.05) is 18.5 Å². The summed E-state index contributed by atoms with van der Waals surface area (Å²) in [5, 5.41) is 2.95. The van der Waals surface area contributed by atoms with Gasteiger partial charge in [0.25, 0.3) is 0 Å². The summed E-state index contributed by atoms with van der Waals surface area (Å²) in [5.74, 6) is 1.56. The van der Waals surface area contributed by atoms with Crippen molar-refractivity contribution < 1.29 is 14.3 Å². The highest BCUT2D eigenvalue weighted by Gasteiger charge is 2.29. The molecule has 2 aliphatic rings. The highest BCUT2D eigenvalue weighted by atomic mass is 16.6. The molecule has 4 nitrogen and oxygen atoms in total. The Morgan fingerprint density at radius 1 is 1.05 bits per heavy atom. The standard InChI is InChI=1S/C18H17NO3/c1-11-2-4-12(5-3-11)13-9-18(20)19-15-10-17-16(8-14(13)15)21-6-7-22-17/h2-5,8,10,13H,6-7,9H2,1H3,(H,19,20)/t13-/m1/s1. The third-order valence-corrected chi connectivity index (χ3v) is 4.23. The summed E-state index contributed by atoms with van der Waals surface area (Å²) in [7, 11) is 0. The molecular weight excluding hydrogens is 278 g/mol. The number of nitrogens with one attached hydrogen (secondary N) is 1. The Bertz CT molecular complexity index is 737. The van der Waals surface area contributed by atoms with Crippen LogP contribution in [0.4, 0.5) is 5.69 Å². The van der Waals surface area contributed by atoms with E-state index in [-0.39, 0.29) is 11.8 Å². The Kier molecular flexibility index (Phi) is 3.03. The summed E-state index contributed by atoms with van der Waals surface area (Å²) in [6.07, 6.45) is 0.454. The molecule has 112 valence electrons. The lowest BCUT2D eigenvalue weighted by atomic mass is 9.84. The smallest absolute Gasteiger partial charge is 0.225 e. The lowest BCUT2D eigenvalue weighted by Crippen LogP contribution is -2.24. The van der Waals surface area contributed by atoms with Gasteiger partial charge in [-0.15, -0.1) is 0 Å². The average Bonchev–Trinajstić information content (AvgIpc) is 2.53. The van der Waals surface area contributed by atoms with E-state index in [1.165, 1.54) is 5.56 Å². The maximum absolute atomic E-state index is 12.1. The van der Waals surface area contributed by atoms with E-state index in [0.29, 0.717) is 25.4 Å². The van der Waals surface area contributed by atoms with E-state index >= 15 is 0 Å². The van der Waals surface area contributed by atoms with Crippen molar-refractivity contribution in [2.45, 2.75) is 19.3 Å². The number of benzene rings is 2. The lowest BCUT2D eigenvalue weighted by Gasteiger charge is -2.29. The van der Waals surface area contributed by atoms with Gasteiger partial charge in [-0.3, -0.25) is 4.79 Å². The molecule has 0 saturated carbocycles. The molecule has 1 atom stereocenters. The van der Waals surface area contributed by atoms with Crippen molar-refractivity contribution in [3.05, 3.63) is 53.1 Å². The topological polar surface area (TPSA) is 47.6 Å². The molecule has 22 heavy (non-hydrogen) atoms. The van der Waals surface area contributed by atoms with Gasteiger partial charge in [0.2, 0.25) is 5.91 Å². The second kappa shape index (κ2) is 5.05. The molecule has 2 aromatic carbocycles. The number of hydrogen-bond acceptors (Lipinski definition) is 3. The van der Waals surface area contributed by atoms with Crippen LogP contribution in [0.3, 0.4) is 0 Å². The van der Waals surface area contributed by atoms with E-state index in [1.807, 2.05) is 12.1 Å². The lowest BCUT2D eigenvalue weighted by molar-refractivity contribution is -0.116. The Morgan fingerprint density at radius 3 is 2.45 bits per heavy atom. The Balaban J connectivity index is 1.82. The highest BCUT2D eigenvalue weighted by molar-refractivity contribution is 5.96. The molecule has 0 bridgehead atoms. The molecule has 0 spiro atoms. The minimum Gasteiger partial charge on any atom is -0.486 e. The van der Waals surface area contributed by atoms with Gasteiger partial charge in [0.05, 0.1) is 0 Å². The summed E-state index contributed by atoms with van der Waals surface area (Å²) >= 11 is 0. The van der Waals surface area contributed by atoms with Gasteiger partial charge in [0, 0.05) is 24.1 Å². The number of rotatable bonds is 1. The van der Waals surface area contributed by atoms with Crippen LogP contribution in [0.1, 0.15) is 29.0 Å². The van der Waals surface area contributed by atoms with Crippen LogP contribution in [-0.4, -0.2) is 19.1 Å². The van der Waals surface area contributed by atoms with Crippen molar-refractivity contribution in [3.8, 4) is 11.5 Å². The molecule has 1 amide bonds. The molecule has 2 heterocycles. The molecule has 0 aromatic heterocycles. The van der Waals surface area contributed by atoms with Crippen LogP contribution in [0.2, 0.25) is 0 Å².